The number of hydrogen-bond acceptors (Lipinski definition) is 5. The molecule has 4 atom stereocenters. The summed E-state index contributed by atoms with van der Waals surface area (Å²) in [6.45, 7) is 0. The standard InChI is InChI=1S/C29H28N4O4/c34-23-10-8-17(37-24-12-13-30-27-19(24)9-11-25(35)32-27)14-20(23)26-21-15-29(21,26)33-28(36)31-22-7-3-5-16-4-1-2-6-18(16)22/h1-2,4,6,8,10,12-14,21-22,26,34H,3,5,7,9,11,15H2,(H,30,32,35)(H2,31,33,36)/t21-,22+,26+,29-/m0/s1. The molecule has 2 saturated carbocycles. The van der Waals surface area contributed by atoms with Crippen LogP contribution in [0.1, 0.15) is 59.9 Å². The Balaban J connectivity index is 1.05. The summed E-state index contributed by atoms with van der Waals surface area (Å²) in [5, 5.41) is 19.8. The third-order valence-corrected chi connectivity index (χ3v) is 8.36. The maximum absolute atomic E-state index is 13.0. The second-order valence-corrected chi connectivity index (χ2v) is 10.6. The van der Waals surface area contributed by atoms with Crippen molar-refractivity contribution in [3.63, 3.8) is 0 Å². The number of rotatable bonds is 5. The van der Waals surface area contributed by atoms with Crippen LogP contribution in [-0.2, 0) is 17.6 Å². The van der Waals surface area contributed by atoms with Crippen LogP contribution in [-0.4, -0.2) is 27.6 Å². The highest BCUT2D eigenvalue weighted by Crippen LogP contribution is 2.77. The highest BCUT2D eigenvalue weighted by atomic mass is 16.5. The number of aromatic hydroxyl groups is 1. The number of carbonyl (C=O) groups is 2. The van der Waals surface area contributed by atoms with Gasteiger partial charge in [-0.15, -0.1) is 0 Å². The Kier molecular flexibility index (Phi) is 4.93. The van der Waals surface area contributed by atoms with E-state index in [4.69, 9.17) is 4.74 Å². The fraction of sp³-hybridized carbons (Fsp3) is 0.345. The van der Waals surface area contributed by atoms with Crippen LogP contribution in [0.4, 0.5) is 10.6 Å². The van der Waals surface area contributed by atoms with Crippen molar-refractivity contribution in [3.05, 3.63) is 77.0 Å². The number of anilines is 1. The molecule has 3 aliphatic carbocycles. The van der Waals surface area contributed by atoms with Crippen molar-refractivity contribution in [1.29, 1.82) is 0 Å². The number of benzene rings is 2. The maximum atomic E-state index is 13.0. The van der Waals surface area contributed by atoms with Gasteiger partial charge in [0.25, 0.3) is 0 Å². The largest absolute Gasteiger partial charge is 0.508 e. The fourth-order valence-electron chi connectivity index (χ4n) is 6.26. The first kappa shape index (κ1) is 22.2. The monoisotopic (exact) mass is 496 g/mol. The van der Waals surface area contributed by atoms with Gasteiger partial charge in [-0.1, -0.05) is 24.3 Å². The second kappa shape index (κ2) is 8.23. The van der Waals surface area contributed by atoms with E-state index < -0.39 is 0 Å². The molecule has 0 spiro atoms. The first-order valence-electron chi connectivity index (χ1n) is 13.0. The molecule has 7 rings (SSSR count). The molecule has 2 heterocycles. The van der Waals surface area contributed by atoms with Crippen LogP contribution in [0.2, 0.25) is 0 Å². The second-order valence-electron chi connectivity index (χ2n) is 10.6. The van der Waals surface area contributed by atoms with Crippen molar-refractivity contribution in [3.8, 4) is 17.2 Å². The van der Waals surface area contributed by atoms with Gasteiger partial charge in [0.1, 0.15) is 23.1 Å². The van der Waals surface area contributed by atoms with Crippen LogP contribution in [0.3, 0.4) is 0 Å². The number of nitrogens with zero attached hydrogens (tertiary/aromatic N) is 1. The third kappa shape index (κ3) is 3.79. The van der Waals surface area contributed by atoms with E-state index in [0.717, 1.165) is 36.8 Å². The first-order chi connectivity index (χ1) is 18.0. The van der Waals surface area contributed by atoms with E-state index in [1.165, 1.54) is 11.1 Å². The number of phenolic OH excluding ortho intramolecular Hbond substituents is 1. The number of urea groups is 1. The highest BCUT2D eigenvalue weighted by Gasteiger charge is 2.80. The first-order valence-corrected chi connectivity index (χ1v) is 13.0. The molecule has 8 nitrogen and oxygen atoms in total. The Morgan fingerprint density at radius 3 is 2.89 bits per heavy atom. The van der Waals surface area contributed by atoms with Crippen molar-refractivity contribution in [2.75, 3.05) is 5.32 Å². The fourth-order valence-corrected chi connectivity index (χ4v) is 6.26. The number of ether oxygens (including phenoxy) is 1. The summed E-state index contributed by atoms with van der Waals surface area (Å²) in [5.74, 6) is 2.31. The minimum Gasteiger partial charge on any atom is -0.508 e. The molecule has 0 radical (unpaired) electrons. The number of pyridine rings is 1. The number of carbonyl (C=O) groups excluding carboxylic acids is 2. The van der Waals surface area contributed by atoms with E-state index in [1.54, 1.807) is 24.4 Å². The molecule has 8 heteroatoms. The van der Waals surface area contributed by atoms with Gasteiger partial charge in [-0.25, -0.2) is 9.78 Å². The molecule has 2 aromatic carbocycles. The average Bonchev–Trinajstić information content (AvgIpc) is 3.76. The number of aromatic nitrogens is 1. The SMILES string of the molecule is O=C1CCc2c(Oc3ccc(O)c([C@@H]4[C@@H]5C[C@@]45NC(=O)N[C@@H]4CCCc5ccccc54)c3)ccnc2N1. The summed E-state index contributed by atoms with van der Waals surface area (Å²) in [7, 11) is 0. The van der Waals surface area contributed by atoms with E-state index in [1.807, 2.05) is 12.1 Å². The molecule has 0 saturated heterocycles. The van der Waals surface area contributed by atoms with Crippen LogP contribution in [0.5, 0.6) is 17.2 Å². The number of nitrogens with one attached hydrogen (secondary N) is 3. The van der Waals surface area contributed by atoms with Gasteiger partial charge in [0, 0.05) is 29.7 Å². The van der Waals surface area contributed by atoms with Crippen molar-refractivity contribution >= 4 is 17.8 Å². The van der Waals surface area contributed by atoms with E-state index >= 15 is 0 Å². The van der Waals surface area contributed by atoms with E-state index in [2.05, 4.69) is 39.1 Å². The zero-order valence-electron chi connectivity index (χ0n) is 20.3. The predicted molar refractivity (Wildman–Crippen MR) is 137 cm³/mol. The van der Waals surface area contributed by atoms with Crippen LogP contribution in [0.25, 0.3) is 0 Å². The summed E-state index contributed by atoms with van der Waals surface area (Å²) in [4.78, 5) is 29.0. The zero-order valence-corrected chi connectivity index (χ0v) is 20.3. The van der Waals surface area contributed by atoms with E-state index in [-0.39, 0.29) is 35.2 Å². The minimum absolute atomic E-state index is 0.0250. The van der Waals surface area contributed by atoms with Gasteiger partial charge in [0.05, 0.1) is 11.6 Å². The van der Waals surface area contributed by atoms with Gasteiger partial charge in [0.15, 0.2) is 0 Å². The van der Waals surface area contributed by atoms with E-state index in [0.29, 0.717) is 36.1 Å². The minimum atomic E-state index is -0.297. The lowest BCUT2D eigenvalue weighted by Crippen LogP contribution is -2.43. The lowest BCUT2D eigenvalue weighted by molar-refractivity contribution is -0.116. The number of amides is 3. The van der Waals surface area contributed by atoms with Crippen molar-refractivity contribution in [2.45, 2.75) is 56.0 Å². The normalized spacial score (nSPS) is 26.6. The Morgan fingerprint density at radius 2 is 2.00 bits per heavy atom. The third-order valence-electron chi connectivity index (χ3n) is 8.36. The van der Waals surface area contributed by atoms with Crippen molar-refractivity contribution < 1.29 is 19.4 Å². The molecule has 188 valence electrons. The zero-order chi connectivity index (χ0) is 25.1. The van der Waals surface area contributed by atoms with Gasteiger partial charge < -0.3 is 25.8 Å². The quantitative estimate of drug-likeness (QED) is 0.409. The molecule has 4 aliphatic rings. The molecule has 0 unspecified atom stereocenters. The molecular weight excluding hydrogens is 468 g/mol. The van der Waals surface area contributed by atoms with Gasteiger partial charge in [-0.05, 0) is 73.4 Å². The van der Waals surface area contributed by atoms with Gasteiger partial charge in [-0.2, -0.15) is 0 Å². The molecule has 4 N–H and O–H groups in total. The highest BCUT2D eigenvalue weighted by molar-refractivity contribution is 5.93. The Bertz CT molecular complexity index is 1440. The van der Waals surface area contributed by atoms with Crippen LogP contribution in [0.15, 0.2) is 54.7 Å². The molecule has 1 aliphatic heterocycles. The Labute approximate surface area is 214 Å². The summed E-state index contributed by atoms with van der Waals surface area (Å²) in [5.41, 5.74) is 3.87. The molecular formula is C29H28N4O4. The van der Waals surface area contributed by atoms with Gasteiger partial charge >= 0.3 is 6.03 Å². The topological polar surface area (TPSA) is 113 Å². The Morgan fingerprint density at radius 1 is 1.11 bits per heavy atom. The van der Waals surface area contributed by atoms with Gasteiger partial charge in [-0.3, -0.25) is 4.79 Å². The molecule has 1 aromatic heterocycles. The lowest BCUT2D eigenvalue weighted by Gasteiger charge is -2.27. The van der Waals surface area contributed by atoms with Gasteiger partial charge in [0.2, 0.25) is 5.91 Å². The molecule has 3 amide bonds. The Hall–Kier alpha value is -4.07. The smallest absolute Gasteiger partial charge is 0.315 e. The molecule has 37 heavy (non-hydrogen) atoms. The maximum Gasteiger partial charge on any atom is 0.315 e. The predicted octanol–water partition coefficient (Wildman–Crippen LogP) is 4.70. The lowest BCUT2D eigenvalue weighted by atomic mass is 9.88. The molecule has 0 bridgehead atoms. The summed E-state index contributed by atoms with van der Waals surface area (Å²) < 4.78 is 6.18. The van der Waals surface area contributed by atoms with Crippen LogP contribution in [0, 0.1) is 5.92 Å². The number of phenols is 1. The summed E-state index contributed by atoms with van der Waals surface area (Å²) in [6.07, 6.45) is 6.53. The van der Waals surface area contributed by atoms with Crippen LogP contribution >= 0.6 is 0 Å². The number of hydrogen-bond donors (Lipinski definition) is 4. The van der Waals surface area contributed by atoms with E-state index in [9.17, 15) is 14.7 Å². The number of fused-ring (bicyclic) bond motifs is 3. The molecule has 2 fully saturated rings. The van der Waals surface area contributed by atoms with Crippen molar-refractivity contribution in [1.82, 2.24) is 15.6 Å². The summed E-state index contributed by atoms with van der Waals surface area (Å²) in [6, 6.07) is 15.2. The number of aryl methyl sites for hydroxylation is 1. The van der Waals surface area contributed by atoms with Crippen LogP contribution < -0.4 is 20.7 Å². The summed E-state index contributed by atoms with van der Waals surface area (Å²) >= 11 is 0. The average molecular weight is 497 g/mol. The van der Waals surface area contributed by atoms with Crippen molar-refractivity contribution in [2.24, 2.45) is 5.92 Å². The molecule has 3 aromatic rings.